The molecular formula is C21H24N2O2. The van der Waals surface area contributed by atoms with Crippen LogP contribution < -0.4 is 10.6 Å². The van der Waals surface area contributed by atoms with Gasteiger partial charge < -0.3 is 10.6 Å². The van der Waals surface area contributed by atoms with E-state index >= 15 is 0 Å². The monoisotopic (exact) mass is 336 g/mol. The first-order valence-corrected chi connectivity index (χ1v) is 8.80. The van der Waals surface area contributed by atoms with Gasteiger partial charge >= 0.3 is 0 Å². The lowest BCUT2D eigenvalue weighted by atomic mass is 10.0. The van der Waals surface area contributed by atoms with Crippen molar-refractivity contribution in [3.63, 3.8) is 0 Å². The van der Waals surface area contributed by atoms with E-state index in [4.69, 9.17) is 0 Å². The largest absolute Gasteiger partial charge is 0.356 e. The summed E-state index contributed by atoms with van der Waals surface area (Å²) >= 11 is 0. The van der Waals surface area contributed by atoms with Crippen molar-refractivity contribution in [3.05, 3.63) is 65.2 Å². The molecule has 2 N–H and O–H groups in total. The van der Waals surface area contributed by atoms with E-state index in [0.717, 1.165) is 17.7 Å². The molecule has 2 aromatic rings. The number of anilines is 1. The zero-order chi connectivity index (χ0) is 17.8. The van der Waals surface area contributed by atoms with Crippen LogP contribution in [0, 0.1) is 12.8 Å². The van der Waals surface area contributed by atoms with Gasteiger partial charge in [0, 0.05) is 18.2 Å². The van der Waals surface area contributed by atoms with Gasteiger partial charge in [0.1, 0.15) is 0 Å². The van der Waals surface area contributed by atoms with Crippen molar-refractivity contribution >= 4 is 17.5 Å². The Labute approximate surface area is 148 Å². The molecule has 1 aliphatic rings. The van der Waals surface area contributed by atoms with Crippen molar-refractivity contribution in [1.29, 1.82) is 0 Å². The van der Waals surface area contributed by atoms with Crippen molar-refractivity contribution in [2.24, 2.45) is 5.92 Å². The van der Waals surface area contributed by atoms with Gasteiger partial charge in [-0.2, -0.15) is 0 Å². The summed E-state index contributed by atoms with van der Waals surface area (Å²) in [5.74, 6) is 0.470. The molecule has 0 radical (unpaired) electrons. The lowest BCUT2D eigenvalue weighted by Gasteiger charge is -2.08. The fraction of sp³-hybridized carbons (Fsp3) is 0.333. The Morgan fingerprint density at radius 3 is 2.48 bits per heavy atom. The molecule has 25 heavy (non-hydrogen) atoms. The molecular weight excluding hydrogens is 312 g/mol. The molecule has 0 spiro atoms. The summed E-state index contributed by atoms with van der Waals surface area (Å²) in [4.78, 5) is 24.0. The van der Waals surface area contributed by atoms with E-state index in [-0.39, 0.29) is 17.7 Å². The Bertz CT molecular complexity index is 768. The summed E-state index contributed by atoms with van der Waals surface area (Å²) in [6, 6.07) is 15.8. The van der Waals surface area contributed by atoms with Gasteiger partial charge in [0.25, 0.3) is 0 Å². The predicted octanol–water partition coefficient (Wildman–Crippen LogP) is 3.42. The number of likely N-dealkylation sites (N-methyl/N-ethyl adjacent to an activating group) is 1. The molecule has 1 saturated carbocycles. The number of amides is 2. The number of carbonyl (C=O) groups is 2. The second-order valence-corrected chi connectivity index (χ2v) is 6.62. The molecule has 0 unspecified atom stereocenters. The molecule has 0 aromatic heterocycles. The Morgan fingerprint density at radius 2 is 1.80 bits per heavy atom. The lowest BCUT2D eigenvalue weighted by Crippen LogP contribution is -2.24. The number of hydrogen-bond donors (Lipinski definition) is 2. The number of benzene rings is 2. The first kappa shape index (κ1) is 17.2. The van der Waals surface area contributed by atoms with Crippen LogP contribution in [0.3, 0.4) is 0 Å². The van der Waals surface area contributed by atoms with Gasteiger partial charge in [-0.3, -0.25) is 9.59 Å². The lowest BCUT2D eigenvalue weighted by molar-refractivity contribution is -0.120. The van der Waals surface area contributed by atoms with Gasteiger partial charge in [-0.25, -0.2) is 0 Å². The zero-order valence-electron chi connectivity index (χ0n) is 14.7. The van der Waals surface area contributed by atoms with Crippen LogP contribution in [-0.4, -0.2) is 18.4 Å². The van der Waals surface area contributed by atoms with Crippen LogP contribution in [0.1, 0.15) is 36.0 Å². The van der Waals surface area contributed by atoms with Gasteiger partial charge in [0.15, 0.2) is 0 Å². The molecule has 1 fully saturated rings. The van der Waals surface area contributed by atoms with Crippen LogP contribution in [0.5, 0.6) is 0 Å². The maximum atomic E-state index is 12.4. The van der Waals surface area contributed by atoms with Gasteiger partial charge in [0.2, 0.25) is 11.8 Å². The summed E-state index contributed by atoms with van der Waals surface area (Å²) < 4.78 is 0. The first-order valence-electron chi connectivity index (χ1n) is 8.80. The smallest absolute Gasteiger partial charge is 0.228 e. The van der Waals surface area contributed by atoms with Crippen LogP contribution in [0.25, 0.3) is 0 Å². The molecule has 130 valence electrons. The predicted molar refractivity (Wildman–Crippen MR) is 99.5 cm³/mol. The second kappa shape index (κ2) is 7.51. The fourth-order valence-electron chi connectivity index (χ4n) is 3.22. The topological polar surface area (TPSA) is 58.2 Å². The summed E-state index contributed by atoms with van der Waals surface area (Å²) in [6.07, 6.45) is 1.27. The highest BCUT2D eigenvalue weighted by Gasteiger charge is 2.44. The summed E-state index contributed by atoms with van der Waals surface area (Å²) in [5.41, 5.74) is 4.24. The Morgan fingerprint density at radius 1 is 1.08 bits per heavy atom. The van der Waals surface area contributed by atoms with E-state index in [0.29, 0.717) is 18.9 Å². The number of aryl methyl sites for hydroxylation is 1. The number of nitrogens with one attached hydrogen (secondary N) is 2. The van der Waals surface area contributed by atoms with E-state index in [2.05, 4.69) is 29.7 Å². The Hall–Kier alpha value is -2.62. The van der Waals surface area contributed by atoms with Gasteiger partial charge in [-0.15, -0.1) is 0 Å². The maximum absolute atomic E-state index is 12.4. The van der Waals surface area contributed by atoms with Crippen molar-refractivity contribution in [1.82, 2.24) is 5.32 Å². The molecule has 0 aliphatic heterocycles. The van der Waals surface area contributed by atoms with Crippen molar-refractivity contribution in [2.75, 3.05) is 11.9 Å². The molecule has 2 aromatic carbocycles. The molecule has 0 bridgehead atoms. The molecule has 0 saturated heterocycles. The standard InChI is InChI=1S/C21H24N2O2/c1-3-22-20(24)12-15-8-10-16(11-9-15)23-21(25)19-13-18(19)17-7-5-4-6-14(17)2/h4-11,18-19H,3,12-13H2,1-2H3,(H,22,24)(H,23,25)/t18-,19-/m1/s1. The van der Waals surface area contributed by atoms with Crippen molar-refractivity contribution in [2.45, 2.75) is 32.6 Å². The van der Waals surface area contributed by atoms with E-state index in [1.54, 1.807) is 0 Å². The maximum Gasteiger partial charge on any atom is 0.228 e. The molecule has 2 atom stereocenters. The SMILES string of the molecule is CCNC(=O)Cc1ccc(NC(=O)[C@@H]2C[C@@H]2c2ccccc2C)cc1. The molecule has 4 heteroatoms. The van der Waals surface area contributed by atoms with Crippen molar-refractivity contribution < 1.29 is 9.59 Å². The average Bonchev–Trinajstić information content (AvgIpc) is 3.38. The van der Waals surface area contributed by atoms with Crippen LogP contribution in [-0.2, 0) is 16.0 Å². The number of rotatable bonds is 6. The minimum Gasteiger partial charge on any atom is -0.356 e. The minimum atomic E-state index is 0.0124. The zero-order valence-corrected chi connectivity index (χ0v) is 14.7. The van der Waals surface area contributed by atoms with E-state index in [9.17, 15) is 9.59 Å². The Kier molecular flexibility index (Phi) is 5.17. The third kappa shape index (κ3) is 4.27. The summed E-state index contributed by atoms with van der Waals surface area (Å²) in [7, 11) is 0. The van der Waals surface area contributed by atoms with Crippen LogP contribution >= 0.6 is 0 Å². The van der Waals surface area contributed by atoms with Crippen molar-refractivity contribution in [3.8, 4) is 0 Å². The van der Waals surface area contributed by atoms with Gasteiger partial charge in [-0.05, 0) is 55.0 Å². The first-order chi connectivity index (χ1) is 12.1. The van der Waals surface area contributed by atoms with Gasteiger partial charge in [-0.1, -0.05) is 36.4 Å². The summed E-state index contributed by atoms with van der Waals surface area (Å²) in [6.45, 7) is 4.63. The third-order valence-electron chi connectivity index (χ3n) is 4.68. The Balaban J connectivity index is 1.55. The summed E-state index contributed by atoms with van der Waals surface area (Å²) in [5, 5.41) is 5.77. The second-order valence-electron chi connectivity index (χ2n) is 6.62. The average molecular weight is 336 g/mol. The van der Waals surface area contributed by atoms with Crippen LogP contribution in [0.15, 0.2) is 48.5 Å². The highest BCUT2D eigenvalue weighted by atomic mass is 16.2. The molecule has 1 aliphatic carbocycles. The number of hydrogen-bond acceptors (Lipinski definition) is 2. The van der Waals surface area contributed by atoms with E-state index in [1.165, 1.54) is 11.1 Å². The number of carbonyl (C=O) groups excluding carboxylic acids is 2. The van der Waals surface area contributed by atoms with Gasteiger partial charge in [0.05, 0.1) is 6.42 Å². The van der Waals surface area contributed by atoms with E-state index < -0.39 is 0 Å². The third-order valence-corrected chi connectivity index (χ3v) is 4.68. The molecule has 4 nitrogen and oxygen atoms in total. The fourth-order valence-corrected chi connectivity index (χ4v) is 3.22. The van der Waals surface area contributed by atoms with Crippen LogP contribution in [0.4, 0.5) is 5.69 Å². The van der Waals surface area contributed by atoms with Crippen LogP contribution in [0.2, 0.25) is 0 Å². The highest BCUT2D eigenvalue weighted by Crippen LogP contribution is 2.48. The normalized spacial score (nSPS) is 18.5. The molecule has 3 rings (SSSR count). The molecule has 0 heterocycles. The molecule has 2 amide bonds. The minimum absolute atomic E-state index is 0.0124. The highest BCUT2D eigenvalue weighted by molar-refractivity contribution is 5.95. The van der Waals surface area contributed by atoms with E-state index in [1.807, 2.05) is 43.3 Å². The quantitative estimate of drug-likeness (QED) is 0.849.